The number of hydrogen-bond acceptors (Lipinski definition) is 8. The molecule has 0 aliphatic carbocycles. The van der Waals surface area contributed by atoms with Gasteiger partial charge in [0.25, 0.3) is 0 Å². The van der Waals surface area contributed by atoms with Gasteiger partial charge in [-0.05, 0) is 32.0 Å². The molecule has 2 aromatic heterocycles. The molecule has 26 heavy (non-hydrogen) atoms. The Balaban J connectivity index is 1.78. The predicted octanol–water partition coefficient (Wildman–Crippen LogP) is 2.66. The molecule has 0 amide bonds. The standard InChI is InChI=1S/C16H14N6O4/c1-9-5-10(2)21(20-9)16-14(22(23)24)15(17-7-18-16)19-11-3-4-12-13(6-11)26-8-25-12/h3-7H,8H2,1-2H3,(H,17,18,19). The van der Waals surface area contributed by atoms with Crippen molar-refractivity contribution in [3.05, 3.63) is 52.1 Å². The average Bonchev–Trinajstić information content (AvgIpc) is 3.19. The summed E-state index contributed by atoms with van der Waals surface area (Å²) in [5.74, 6) is 1.34. The van der Waals surface area contributed by atoms with Crippen LogP contribution >= 0.6 is 0 Å². The quantitative estimate of drug-likeness (QED) is 0.561. The van der Waals surface area contributed by atoms with Crippen LogP contribution in [0.5, 0.6) is 11.5 Å². The monoisotopic (exact) mass is 354 g/mol. The number of ether oxygens (including phenoxy) is 2. The molecule has 4 rings (SSSR count). The van der Waals surface area contributed by atoms with Gasteiger partial charge in [0.05, 0.1) is 10.6 Å². The third-order valence-electron chi connectivity index (χ3n) is 3.83. The van der Waals surface area contributed by atoms with Crippen molar-refractivity contribution in [1.82, 2.24) is 19.7 Å². The Morgan fingerprint density at radius 1 is 1.19 bits per heavy atom. The van der Waals surface area contributed by atoms with Gasteiger partial charge in [-0.25, -0.2) is 14.6 Å². The smallest absolute Gasteiger partial charge is 0.355 e. The van der Waals surface area contributed by atoms with Gasteiger partial charge in [0, 0.05) is 17.4 Å². The Morgan fingerprint density at radius 2 is 2.00 bits per heavy atom. The van der Waals surface area contributed by atoms with E-state index in [-0.39, 0.29) is 24.1 Å². The Hall–Kier alpha value is -3.69. The Labute approximate surface area is 147 Å². The SMILES string of the molecule is Cc1cc(C)n(-c2ncnc(Nc3ccc4c(c3)OCO4)c2[N+](=O)[O-])n1. The van der Waals surface area contributed by atoms with Crippen LogP contribution in [0.2, 0.25) is 0 Å². The first-order valence-electron chi connectivity index (χ1n) is 7.72. The number of nitro groups is 1. The van der Waals surface area contributed by atoms with E-state index in [1.165, 1.54) is 11.0 Å². The molecular formula is C16H14N6O4. The van der Waals surface area contributed by atoms with Crippen molar-refractivity contribution in [1.29, 1.82) is 0 Å². The fourth-order valence-corrected chi connectivity index (χ4v) is 2.74. The van der Waals surface area contributed by atoms with Gasteiger partial charge in [0.2, 0.25) is 18.4 Å². The number of benzene rings is 1. The Bertz CT molecular complexity index is 1020. The van der Waals surface area contributed by atoms with Gasteiger partial charge >= 0.3 is 5.69 Å². The maximum Gasteiger partial charge on any atom is 0.355 e. The molecule has 0 radical (unpaired) electrons. The summed E-state index contributed by atoms with van der Waals surface area (Å²) in [7, 11) is 0. The Morgan fingerprint density at radius 3 is 2.73 bits per heavy atom. The summed E-state index contributed by atoms with van der Waals surface area (Å²) in [5, 5.41) is 18.9. The number of anilines is 2. The van der Waals surface area contributed by atoms with Crippen molar-refractivity contribution < 1.29 is 14.4 Å². The van der Waals surface area contributed by atoms with E-state index in [0.717, 1.165) is 11.4 Å². The van der Waals surface area contributed by atoms with Crippen molar-refractivity contribution in [3.8, 4) is 17.3 Å². The maximum atomic E-state index is 11.7. The zero-order chi connectivity index (χ0) is 18.3. The van der Waals surface area contributed by atoms with Crippen LogP contribution in [0.1, 0.15) is 11.4 Å². The van der Waals surface area contributed by atoms with E-state index < -0.39 is 4.92 Å². The molecule has 0 atom stereocenters. The summed E-state index contributed by atoms with van der Waals surface area (Å²) in [5.41, 5.74) is 1.78. The van der Waals surface area contributed by atoms with Crippen LogP contribution in [0.25, 0.3) is 5.82 Å². The Kier molecular flexibility index (Phi) is 3.64. The number of aromatic nitrogens is 4. The van der Waals surface area contributed by atoms with E-state index in [9.17, 15) is 10.1 Å². The zero-order valence-electron chi connectivity index (χ0n) is 14.0. The lowest BCUT2D eigenvalue weighted by atomic mass is 10.2. The molecule has 0 unspecified atom stereocenters. The molecule has 1 N–H and O–H groups in total. The van der Waals surface area contributed by atoms with E-state index in [1.54, 1.807) is 25.1 Å². The van der Waals surface area contributed by atoms with Crippen molar-refractivity contribution in [2.45, 2.75) is 13.8 Å². The fourth-order valence-electron chi connectivity index (χ4n) is 2.74. The summed E-state index contributed by atoms with van der Waals surface area (Å²) in [6, 6.07) is 6.95. The molecule has 0 spiro atoms. The predicted molar refractivity (Wildman–Crippen MR) is 91.1 cm³/mol. The van der Waals surface area contributed by atoms with Crippen LogP contribution in [-0.2, 0) is 0 Å². The molecule has 0 bridgehead atoms. The lowest BCUT2D eigenvalue weighted by Crippen LogP contribution is -2.09. The van der Waals surface area contributed by atoms with Gasteiger partial charge in [-0.1, -0.05) is 0 Å². The molecule has 3 aromatic rings. The molecule has 10 nitrogen and oxygen atoms in total. The number of aryl methyl sites for hydroxylation is 2. The first kappa shape index (κ1) is 15.8. The van der Waals surface area contributed by atoms with E-state index in [1.807, 2.05) is 13.0 Å². The minimum atomic E-state index is -0.527. The second kappa shape index (κ2) is 5.99. The number of nitrogens with zero attached hydrogens (tertiary/aromatic N) is 5. The molecule has 1 aliphatic heterocycles. The van der Waals surface area contributed by atoms with Crippen molar-refractivity contribution in [2.75, 3.05) is 12.1 Å². The maximum absolute atomic E-state index is 11.7. The number of rotatable bonds is 4. The summed E-state index contributed by atoms with van der Waals surface area (Å²) in [4.78, 5) is 19.3. The van der Waals surface area contributed by atoms with Gasteiger partial charge in [-0.3, -0.25) is 10.1 Å². The number of nitrogens with one attached hydrogen (secondary N) is 1. The normalized spacial score (nSPS) is 12.2. The van der Waals surface area contributed by atoms with Crippen molar-refractivity contribution >= 4 is 17.2 Å². The van der Waals surface area contributed by atoms with Crippen molar-refractivity contribution in [2.24, 2.45) is 0 Å². The summed E-state index contributed by atoms with van der Waals surface area (Å²) < 4.78 is 12.0. The van der Waals surface area contributed by atoms with Crippen LogP contribution in [0.3, 0.4) is 0 Å². The second-order valence-electron chi connectivity index (χ2n) is 5.68. The van der Waals surface area contributed by atoms with Crippen LogP contribution in [0.15, 0.2) is 30.6 Å². The molecule has 0 saturated carbocycles. The van der Waals surface area contributed by atoms with Crippen LogP contribution in [0, 0.1) is 24.0 Å². The second-order valence-corrected chi connectivity index (χ2v) is 5.68. The summed E-state index contributed by atoms with van der Waals surface area (Å²) in [6.07, 6.45) is 1.26. The van der Waals surface area contributed by atoms with Crippen LogP contribution < -0.4 is 14.8 Å². The van der Waals surface area contributed by atoms with Gasteiger partial charge in [0.1, 0.15) is 6.33 Å². The fraction of sp³-hybridized carbons (Fsp3) is 0.188. The highest BCUT2D eigenvalue weighted by molar-refractivity contribution is 5.71. The minimum Gasteiger partial charge on any atom is -0.454 e. The van der Waals surface area contributed by atoms with Crippen LogP contribution in [-0.4, -0.2) is 31.5 Å². The van der Waals surface area contributed by atoms with Gasteiger partial charge in [0.15, 0.2) is 11.5 Å². The van der Waals surface area contributed by atoms with Gasteiger partial charge in [-0.2, -0.15) is 5.10 Å². The third kappa shape index (κ3) is 2.66. The molecule has 10 heteroatoms. The lowest BCUT2D eigenvalue weighted by molar-refractivity contribution is -0.384. The molecular weight excluding hydrogens is 340 g/mol. The molecule has 3 heterocycles. The highest BCUT2D eigenvalue weighted by Gasteiger charge is 2.26. The van der Waals surface area contributed by atoms with Crippen molar-refractivity contribution in [3.63, 3.8) is 0 Å². The molecule has 0 fully saturated rings. The number of fused-ring (bicyclic) bond motifs is 1. The molecule has 1 aromatic carbocycles. The molecule has 132 valence electrons. The highest BCUT2D eigenvalue weighted by Crippen LogP contribution is 2.36. The van der Waals surface area contributed by atoms with E-state index in [0.29, 0.717) is 17.2 Å². The topological polar surface area (TPSA) is 117 Å². The first-order valence-corrected chi connectivity index (χ1v) is 7.72. The zero-order valence-corrected chi connectivity index (χ0v) is 14.0. The summed E-state index contributed by atoms with van der Waals surface area (Å²) >= 11 is 0. The lowest BCUT2D eigenvalue weighted by Gasteiger charge is -2.10. The largest absolute Gasteiger partial charge is 0.454 e. The van der Waals surface area contributed by atoms with Gasteiger partial charge in [-0.15, -0.1) is 0 Å². The minimum absolute atomic E-state index is 0.0615. The third-order valence-corrected chi connectivity index (χ3v) is 3.83. The van der Waals surface area contributed by atoms with E-state index >= 15 is 0 Å². The van der Waals surface area contributed by atoms with E-state index in [2.05, 4.69) is 20.4 Å². The highest BCUT2D eigenvalue weighted by atomic mass is 16.7. The average molecular weight is 354 g/mol. The summed E-state index contributed by atoms with van der Waals surface area (Å²) in [6.45, 7) is 3.76. The van der Waals surface area contributed by atoms with Gasteiger partial charge < -0.3 is 14.8 Å². The number of hydrogen-bond donors (Lipinski definition) is 1. The molecule has 0 saturated heterocycles. The first-order chi connectivity index (χ1) is 12.5. The molecule has 1 aliphatic rings. The van der Waals surface area contributed by atoms with E-state index in [4.69, 9.17) is 9.47 Å². The van der Waals surface area contributed by atoms with Crippen LogP contribution in [0.4, 0.5) is 17.2 Å².